The van der Waals surface area contributed by atoms with Crippen molar-refractivity contribution in [3.8, 4) is 28.2 Å². The Morgan fingerprint density at radius 2 is 1.72 bits per heavy atom. The van der Waals surface area contributed by atoms with E-state index in [1.165, 1.54) is 17.5 Å². The minimum Gasteiger partial charge on any atom is -0.464 e. The van der Waals surface area contributed by atoms with Crippen LogP contribution in [0.1, 0.15) is 11.1 Å². The Morgan fingerprint density at radius 1 is 0.966 bits per heavy atom. The monoisotopic (exact) mass is 559 g/mol. The van der Waals surface area contributed by atoms with Gasteiger partial charge in [-0.05, 0) is 58.7 Å². The molecule has 0 saturated carbocycles. The molecule has 0 bridgehead atoms. The van der Waals surface area contributed by atoms with Gasteiger partial charge in [0.25, 0.3) is 0 Å². The van der Waals surface area contributed by atoms with Gasteiger partial charge in [0.15, 0.2) is 6.39 Å². The summed E-state index contributed by atoms with van der Waals surface area (Å²) in [6, 6.07) is 21.5. The number of benzene rings is 3. The number of oxazole rings is 1. The molecule has 0 aliphatic rings. The van der Waals surface area contributed by atoms with Gasteiger partial charge >= 0.3 is 0 Å². The van der Waals surface area contributed by atoms with E-state index in [9.17, 15) is 0 Å². The van der Waals surface area contributed by atoms with Crippen LogP contribution in [0.25, 0.3) is 39.3 Å². The number of aryl methyl sites for hydroxylation is 2. The van der Waals surface area contributed by atoms with Crippen LogP contribution in [-0.2, 0) is 20.1 Å². The number of hydrogen-bond donors (Lipinski definition) is 0. The summed E-state index contributed by atoms with van der Waals surface area (Å²) in [6.45, 7) is 4.14. The van der Waals surface area contributed by atoms with Gasteiger partial charge in [-0.25, -0.2) is 4.68 Å². The SMILES string of the molecule is Cc1cc(-c2ccccc2)cc(C)c1-n1nnnc1-c1[c-]ccc2ocnc12.[Ir]. The third-order valence-corrected chi connectivity index (χ3v) is 4.80. The minimum absolute atomic E-state index is 0. The molecule has 5 aromatic rings. The van der Waals surface area contributed by atoms with Crippen molar-refractivity contribution < 1.29 is 24.5 Å². The second-order valence-corrected chi connectivity index (χ2v) is 6.66. The fourth-order valence-corrected chi connectivity index (χ4v) is 3.58. The third kappa shape index (κ3) is 3.28. The first-order valence-electron chi connectivity index (χ1n) is 8.92. The van der Waals surface area contributed by atoms with E-state index in [0.717, 1.165) is 16.8 Å². The van der Waals surface area contributed by atoms with E-state index < -0.39 is 0 Å². The molecule has 0 atom stereocenters. The number of hydrogen-bond acceptors (Lipinski definition) is 5. The molecule has 29 heavy (non-hydrogen) atoms. The van der Waals surface area contributed by atoms with Gasteiger partial charge in [-0.3, -0.25) is 4.98 Å². The Labute approximate surface area is 180 Å². The summed E-state index contributed by atoms with van der Waals surface area (Å²) in [7, 11) is 0. The summed E-state index contributed by atoms with van der Waals surface area (Å²) >= 11 is 0. The van der Waals surface area contributed by atoms with Crippen molar-refractivity contribution in [3.05, 3.63) is 78.2 Å². The van der Waals surface area contributed by atoms with Crippen molar-refractivity contribution in [1.82, 2.24) is 25.2 Å². The van der Waals surface area contributed by atoms with Crippen LogP contribution < -0.4 is 0 Å². The van der Waals surface area contributed by atoms with Gasteiger partial charge in [0.1, 0.15) is 5.82 Å². The molecule has 1 radical (unpaired) electrons. The molecule has 0 aliphatic carbocycles. The van der Waals surface area contributed by atoms with Crippen molar-refractivity contribution in [3.63, 3.8) is 0 Å². The second kappa shape index (κ2) is 7.70. The molecule has 6 nitrogen and oxygen atoms in total. The zero-order valence-electron chi connectivity index (χ0n) is 15.8. The zero-order chi connectivity index (χ0) is 19.1. The van der Waals surface area contributed by atoms with Crippen molar-refractivity contribution in [2.75, 3.05) is 0 Å². The molecule has 0 unspecified atom stereocenters. The maximum absolute atomic E-state index is 5.41. The molecule has 2 aromatic heterocycles. The van der Waals surface area contributed by atoms with E-state index in [2.05, 4.69) is 64.7 Å². The van der Waals surface area contributed by atoms with Crippen LogP contribution in [0.15, 0.2) is 65.4 Å². The molecule has 145 valence electrons. The number of fused-ring (bicyclic) bond motifs is 1. The second-order valence-electron chi connectivity index (χ2n) is 6.66. The number of rotatable bonds is 3. The fourth-order valence-electron chi connectivity index (χ4n) is 3.58. The topological polar surface area (TPSA) is 69.6 Å². The van der Waals surface area contributed by atoms with Crippen LogP contribution in [0.2, 0.25) is 0 Å². The van der Waals surface area contributed by atoms with Gasteiger partial charge < -0.3 is 4.42 Å². The molecule has 2 heterocycles. The predicted molar refractivity (Wildman–Crippen MR) is 106 cm³/mol. The normalized spacial score (nSPS) is 10.8. The van der Waals surface area contributed by atoms with E-state index in [0.29, 0.717) is 22.5 Å². The average molecular weight is 559 g/mol. The largest absolute Gasteiger partial charge is 0.464 e. The number of tetrazole rings is 1. The van der Waals surface area contributed by atoms with Crippen LogP contribution in [0.5, 0.6) is 0 Å². The molecule has 0 spiro atoms. The van der Waals surface area contributed by atoms with Gasteiger partial charge in [0.2, 0.25) is 0 Å². The van der Waals surface area contributed by atoms with Crippen LogP contribution >= 0.6 is 0 Å². The smallest absolute Gasteiger partial charge is 0.170 e. The summed E-state index contributed by atoms with van der Waals surface area (Å²) in [5, 5.41) is 12.4. The van der Waals surface area contributed by atoms with Crippen LogP contribution in [-0.4, -0.2) is 25.2 Å². The predicted octanol–water partition coefficient (Wildman–Crippen LogP) is 4.55. The zero-order valence-corrected chi connectivity index (χ0v) is 18.1. The maximum Gasteiger partial charge on any atom is 0.170 e. The summed E-state index contributed by atoms with van der Waals surface area (Å²) in [6.07, 6.45) is 1.42. The Balaban J connectivity index is 0.00000205. The van der Waals surface area contributed by atoms with Gasteiger partial charge in [0.05, 0.1) is 11.3 Å². The maximum atomic E-state index is 5.41. The molecule has 0 amide bonds. The van der Waals surface area contributed by atoms with Gasteiger partial charge in [-0.2, -0.15) is 5.10 Å². The first-order valence-corrected chi connectivity index (χ1v) is 8.92. The van der Waals surface area contributed by atoms with E-state index in [1.54, 1.807) is 10.7 Å². The fraction of sp³-hybridized carbons (Fsp3) is 0.0909. The van der Waals surface area contributed by atoms with Gasteiger partial charge in [-0.15, -0.1) is 12.1 Å². The molecule has 5 rings (SSSR count). The molecule has 7 heteroatoms. The van der Waals surface area contributed by atoms with E-state index in [4.69, 9.17) is 4.42 Å². The van der Waals surface area contributed by atoms with Crippen LogP contribution in [0.4, 0.5) is 0 Å². The average Bonchev–Trinajstić information content (AvgIpc) is 3.37. The van der Waals surface area contributed by atoms with Gasteiger partial charge in [-0.1, -0.05) is 42.0 Å². The molecule has 0 fully saturated rings. The van der Waals surface area contributed by atoms with Crippen LogP contribution in [0.3, 0.4) is 0 Å². The first-order chi connectivity index (χ1) is 13.7. The summed E-state index contributed by atoms with van der Waals surface area (Å²) in [5.74, 6) is 0.582. The molecule has 3 aromatic carbocycles. The Morgan fingerprint density at radius 3 is 2.48 bits per heavy atom. The van der Waals surface area contributed by atoms with Crippen molar-refractivity contribution in [1.29, 1.82) is 0 Å². The number of aromatic nitrogens is 5. The van der Waals surface area contributed by atoms with Crippen LogP contribution in [0, 0.1) is 19.9 Å². The number of nitrogens with zero attached hydrogens (tertiary/aromatic N) is 5. The molecule has 0 N–H and O–H groups in total. The standard InChI is InChI=1S/C22H16N5O.Ir/c1-14-11-17(16-7-4-3-5-8-16)12-15(2)21(14)27-22(24-25-26-27)18-9-6-10-19-20(18)23-13-28-19;/h3-8,10-13H,1-2H3;/q-1;. The minimum atomic E-state index is 0. The Kier molecular flexibility index (Phi) is 5.09. The third-order valence-electron chi connectivity index (χ3n) is 4.80. The Bertz CT molecular complexity index is 1270. The van der Waals surface area contributed by atoms with Crippen molar-refractivity contribution >= 4 is 11.1 Å². The van der Waals surface area contributed by atoms with E-state index >= 15 is 0 Å². The molecular weight excluding hydrogens is 542 g/mol. The summed E-state index contributed by atoms with van der Waals surface area (Å²) < 4.78 is 7.15. The van der Waals surface area contributed by atoms with Crippen molar-refractivity contribution in [2.24, 2.45) is 0 Å². The molecular formula is C22H16IrN5O-. The summed E-state index contributed by atoms with van der Waals surface area (Å²) in [5.41, 5.74) is 7.54. The van der Waals surface area contributed by atoms with Crippen molar-refractivity contribution in [2.45, 2.75) is 13.8 Å². The summed E-state index contributed by atoms with van der Waals surface area (Å²) in [4.78, 5) is 4.30. The quantitative estimate of drug-likeness (QED) is 0.304. The van der Waals surface area contributed by atoms with E-state index in [-0.39, 0.29) is 20.1 Å². The van der Waals surface area contributed by atoms with Gasteiger partial charge in [0, 0.05) is 25.6 Å². The van der Waals surface area contributed by atoms with E-state index in [1.807, 2.05) is 24.3 Å². The Hall–Kier alpha value is -3.15. The first kappa shape index (κ1) is 19.2. The molecule has 0 aliphatic heterocycles. The molecule has 0 saturated heterocycles.